The fraction of sp³-hybridized carbons (Fsp3) is 0.500. The van der Waals surface area contributed by atoms with Crippen molar-refractivity contribution in [2.45, 2.75) is 32.3 Å². The number of carbonyl (C=O) groups excluding carboxylic acids is 1. The Balaban J connectivity index is 1.59. The first kappa shape index (κ1) is 14.8. The van der Waals surface area contributed by atoms with Gasteiger partial charge in [0.05, 0.1) is 5.56 Å². The minimum absolute atomic E-state index is 0.0187. The molecule has 3 rings (SSSR count). The third-order valence-electron chi connectivity index (χ3n) is 4.60. The number of nitrogens with zero attached hydrogens (tertiary/aromatic N) is 1. The number of benzene rings is 1. The van der Waals surface area contributed by atoms with Gasteiger partial charge in [-0.1, -0.05) is 6.07 Å². The van der Waals surface area contributed by atoms with E-state index in [1.54, 1.807) is 12.1 Å². The highest BCUT2D eigenvalue weighted by Gasteiger charge is 2.27. The Hall–Kier alpha value is -2.11. The fourth-order valence-electron chi connectivity index (χ4n) is 3.18. The van der Waals surface area contributed by atoms with Gasteiger partial charge in [-0.15, -0.1) is 0 Å². The smallest absolute Gasteiger partial charge is 0.407 e. The number of hydrogen-bond acceptors (Lipinski definition) is 3. The van der Waals surface area contributed by atoms with Crippen molar-refractivity contribution in [3.63, 3.8) is 0 Å². The van der Waals surface area contributed by atoms with E-state index in [0.717, 1.165) is 19.3 Å². The van der Waals surface area contributed by atoms with Gasteiger partial charge in [0, 0.05) is 18.7 Å². The number of amides is 1. The maximum atomic E-state index is 14.4. The molecule has 118 valence electrons. The zero-order valence-corrected chi connectivity index (χ0v) is 12.2. The number of rotatable bonds is 3. The van der Waals surface area contributed by atoms with E-state index in [-0.39, 0.29) is 12.4 Å². The second kappa shape index (κ2) is 5.94. The molecule has 2 aliphatic rings. The summed E-state index contributed by atoms with van der Waals surface area (Å²) < 4.78 is 19.2. The number of hydrogen-bond donors (Lipinski definition) is 1. The van der Waals surface area contributed by atoms with Crippen LogP contribution in [0.15, 0.2) is 12.1 Å². The van der Waals surface area contributed by atoms with Crippen LogP contribution in [0.4, 0.5) is 9.18 Å². The van der Waals surface area contributed by atoms with Crippen LogP contribution in [-0.4, -0.2) is 35.2 Å². The summed E-state index contributed by atoms with van der Waals surface area (Å²) in [6, 6.07) is 3.29. The summed E-state index contributed by atoms with van der Waals surface area (Å²) in [4.78, 5) is 23.7. The van der Waals surface area contributed by atoms with Crippen molar-refractivity contribution < 1.29 is 23.8 Å². The summed E-state index contributed by atoms with van der Waals surface area (Å²) in [7, 11) is 0. The highest BCUT2D eigenvalue weighted by atomic mass is 19.1. The molecule has 0 aliphatic carbocycles. The predicted octanol–water partition coefficient (Wildman–Crippen LogP) is 2.82. The van der Waals surface area contributed by atoms with Crippen molar-refractivity contribution in [2.75, 3.05) is 13.1 Å². The fourth-order valence-corrected chi connectivity index (χ4v) is 3.18. The molecule has 1 amide bonds. The second-order valence-corrected chi connectivity index (χ2v) is 5.89. The summed E-state index contributed by atoms with van der Waals surface area (Å²) in [5.41, 5.74) is 1.30. The SMILES string of the molecule is O=C1OCc2c1ccc(CCC1CCN(C(=O)O)CC1)c2F. The molecule has 22 heavy (non-hydrogen) atoms. The maximum absolute atomic E-state index is 14.4. The molecule has 0 radical (unpaired) electrons. The van der Waals surface area contributed by atoms with Crippen LogP contribution in [0.1, 0.15) is 40.7 Å². The number of carbonyl (C=O) groups is 2. The van der Waals surface area contributed by atoms with Crippen LogP contribution in [0, 0.1) is 11.7 Å². The van der Waals surface area contributed by atoms with Gasteiger partial charge in [0.25, 0.3) is 0 Å². The molecule has 0 spiro atoms. The van der Waals surface area contributed by atoms with Crippen molar-refractivity contribution in [1.29, 1.82) is 0 Å². The Morgan fingerprint density at radius 3 is 2.77 bits per heavy atom. The Kier molecular flexibility index (Phi) is 4.00. The molecule has 0 saturated carbocycles. The van der Waals surface area contributed by atoms with Gasteiger partial charge in [-0.25, -0.2) is 14.0 Å². The first-order valence-electron chi connectivity index (χ1n) is 7.51. The molecule has 2 aliphatic heterocycles. The molecular weight excluding hydrogens is 289 g/mol. The monoisotopic (exact) mass is 307 g/mol. The lowest BCUT2D eigenvalue weighted by Crippen LogP contribution is -2.37. The van der Waals surface area contributed by atoms with Gasteiger partial charge < -0.3 is 14.7 Å². The number of aryl methyl sites for hydroxylation is 1. The Labute approximate surface area is 127 Å². The van der Waals surface area contributed by atoms with E-state index in [0.29, 0.717) is 42.1 Å². The van der Waals surface area contributed by atoms with Gasteiger partial charge in [0.15, 0.2) is 0 Å². The quantitative estimate of drug-likeness (QED) is 0.872. The predicted molar refractivity (Wildman–Crippen MR) is 76.2 cm³/mol. The van der Waals surface area contributed by atoms with Gasteiger partial charge >= 0.3 is 12.1 Å². The number of likely N-dealkylation sites (tertiary alicyclic amines) is 1. The summed E-state index contributed by atoms with van der Waals surface area (Å²) in [6.45, 7) is 1.12. The number of carboxylic acid groups (broad SMARTS) is 1. The van der Waals surface area contributed by atoms with Crippen LogP contribution in [0.2, 0.25) is 0 Å². The second-order valence-electron chi connectivity index (χ2n) is 5.89. The Morgan fingerprint density at radius 2 is 2.09 bits per heavy atom. The molecule has 0 atom stereocenters. The first-order chi connectivity index (χ1) is 10.6. The van der Waals surface area contributed by atoms with Gasteiger partial charge in [0.2, 0.25) is 0 Å². The molecule has 5 nitrogen and oxygen atoms in total. The minimum atomic E-state index is -0.868. The van der Waals surface area contributed by atoms with E-state index in [9.17, 15) is 14.0 Å². The van der Waals surface area contributed by atoms with Crippen molar-refractivity contribution >= 4 is 12.1 Å². The van der Waals surface area contributed by atoms with E-state index < -0.39 is 12.1 Å². The van der Waals surface area contributed by atoms with E-state index >= 15 is 0 Å². The molecule has 0 unspecified atom stereocenters. The molecule has 6 heteroatoms. The lowest BCUT2D eigenvalue weighted by molar-refractivity contribution is 0.0533. The zero-order chi connectivity index (χ0) is 15.7. The van der Waals surface area contributed by atoms with E-state index in [1.165, 1.54) is 4.90 Å². The van der Waals surface area contributed by atoms with Crippen molar-refractivity contribution in [3.8, 4) is 0 Å². The van der Waals surface area contributed by atoms with Gasteiger partial charge in [-0.3, -0.25) is 0 Å². The zero-order valence-electron chi connectivity index (χ0n) is 12.2. The molecular formula is C16H18FNO4. The Bertz CT molecular complexity index is 608. The van der Waals surface area contributed by atoms with Crippen molar-refractivity contribution in [1.82, 2.24) is 4.90 Å². The molecule has 1 aromatic carbocycles. The molecule has 1 saturated heterocycles. The molecule has 0 aromatic heterocycles. The largest absolute Gasteiger partial charge is 0.465 e. The third kappa shape index (κ3) is 2.77. The normalized spacial score (nSPS) is 18.2. The molecule has 1 fully saturated rings. The lowest BCUT2D eigenvalue weighted by atomic mass is 9.90. The summed E-state index contributed by atoms with van der Waals surface area (Å²) >= 11 is 0. The van der Waals surface area contributed by atoms with E-state index in [1.807, 2.05) is 0 Å². The van der Waals surface area contributed by atoms with Crippen LogP contribution in [0.5, 0.6) is 0 Å². The maximum Gasteiger partial charge on any atom is 0.407 e. The standard InChI is InChI=1S/C16H18FNO4/c17-14-11(3-4-12-13(14)9-22-15(12)19)2-1-10-5-7-18(8-6-10)16(20)21/h3-4,10H,1-2,5-9H2,(H,20,21). The molecule has 1 N–H and O–H groups in total. The first-order valence-corrected chi connectivity index (χ1v) is 7.51. The lowest BCUT2D eigenvalue weighted by Gasteiger charge is -2.30. The highest BCUT2D eigenvalue weighted by Crippen LogP contribution is 2.28. The number of halogens is 1. The number of piperidine rings is 1. The van der Waals surface area contributed by atoms with Crippen LogP contribution < -0.4 is 0 Å². The van der Waals surface area contributed by atoms with Crippen LogP contribution in [0.25, 0.3) is 0 Å². The number of cyclic esters (lactones) is 1. The molecule has 0 bridgehead atoms. The average molecular weight is 307 g/mol. The van der Waals surface area contributed by atoms with Gasteiger partial charge in [-0.2, -0.15) is 0 Å². The van der Waals surface area contributed by atoms with Crippen molar-refractivity contribution in [3.05, 3.63) is 34.6 Å². The van der Waals surface area contributed by atoms with Crippen LogP contribution in [0.3, 0.4) is 0 Å². The summed E-state index contributed by atoms with van der Waals surface area (Å²) in [5.74, 6) is -0.367. The van der Waals surface area contributed by atoms with E-state index in [2.05, 4.69) is 0 Å². The van der Waals surface area contributed by atoms with Gasteiger partial charge in [0.1, 0.15) is 12.4 Å². The van der Waals surface area contributed by atoms with Crippen LogP contribution in [-0.2, 0) is 17.8 Å². The summed E-state index contributed by atoms with van der Waals surface area (Å²) in [6.07, 6.45) is 2.21. The molecule has 2 heterocycles. The van der Waals surface area contributed by atoms with Gasteiger partial charge in [-0.05, 0) is 43.2 Å². The number of esters is 1. The van der Waals surface area contributed by atoms with E-state index in [4.69, 9.17) is 9.84 Å². The Morgan fingerprint density at radius 1 is 1.36 bits per heavy atom. The van der Waals surface area contributed by atoms with Crippen LogP contribution >= 0.6 is 0 Å². The molecule has 1 aromatic rings. The topological polar surface area (TPSA) is 66.8 Å². The number of ether oxygens (including phenoxy) is 1. The number of fused-ring (bicyclic) bond motifs is 1. The van der Waals surface area contributed by atoms with Crippen molar-refractivity contribution in [2.24, 2.45) is 5.92 Å². The minimum Gasteiger partial charge on any atom is -0.465 e. The summed E-state index contributed by atoms with van der Waals surface area (Å²) in [5, 5.41) is 8.92. The highest BCUT2D eigenvalue weighted by molar-refractivity contribution is 5.93. The third-order valence-corrected chi connectivity index (χ3v) is 4.60. The average Bonchev–Trinajstić information content (AvgIpc) is 2.89.